The Labute approximate surface area is 324 Å². The molecule has 278 valence electrons. The Morgan fingerprint density at radius 2 is 0.600 bits per heavy atom. The number of hydrogen-bond donors (Lipinski definition) is 3. The topological polar surface area (TPSA) is 101 Å². The Balaban J connectivity index is 1.06. The average molecular weight is 729 g/mol. The van der Waals surface area contributed by atoms with Gasteiger partial charge in [0, 0.05) is 71.7 Å². The van der Waals surface area contributed by atoms with Crippen molar-refractivity contribution in [3.05, 3.63) is 162 Å². The van der Waals surface area contributed by atoms with Crippen molar-refractivity contribution in [3.63, 3.8) is 0 Å². The molecule has 0 aromatic heterocycles. The van der Waals surface area contributed by atoms with E-state index in [1.165, 1.54) is 0 Å². The first-order chi connectivity index (χ1) is 27.1. The first-order valence-electron chi connectivity index (χ1n) is 18.9. The van der Waals surface area contributed by atoms with E-state index >= 15 is 0 Å². The number of para-hydroxylation sites is 3. The quantitative estimate of drug-likeness (QED) is 0.0606. The van der Waals surface area contributed by atoms with Crippen LogP contribution in [0.1, 0.15) is 36.0 Å². The third-order valence-corrected chi connectivity index (χ3v) is 9.44. The van der Waals surface area contributed by atoms with Gasteiger partial charge in [-0.2, -0.15) is 0 Å². The number of aromatic hydroxyl groups is 3. The first-order valence-corrected chi connectivity index (χ1v) is 18.9. The van der Waals surface area contributed by atoms with Gasteiger partial charge in [0.05, 0.1) is 0 Å². The van der Waals surface area contributed by atoms with E-state index < -0.39 is 0 Å². The number of phenols is 3. The number of benzene rings is 6. The van der Waals surface area contributed by atoms with Gasteiger partial charge in [0.2, 0.25) is 0 Å². The van der Waals surface area contributed by atoms with E-state index in [1.54, 1.807) is 18.2 Å². The standard InChI is InChI=1S/C48H48N4O3/c53-46-25-10-7-22-43(46)40-19-4-1-16-37(40)34-49-28-13-31-52(32-14-29-50-35-38-17-2-5-20-41(38)44-23-8-11-26-47(44)54)33-15-30-51-36-39-18-3-6-21-42(39)45-24-9-12-27-48(45)55/h1-12,16-27,34-36,53-55H,13-15,28-33H2/b49-34+,50-35+,51-36+. The van der Waals surface area contributed by atoms with Crippen LogP contribution in [0.5, 0.6) is 17.2 Å². The first kappa shape index (κ1) is 38.4. The molecule has 0 fully saturated rings. The summed E-state index contributed by atoms with van der Waals surface area (Å²) < 4.78 is 0. The highest BCUT2D eigenvalue weighted by Gasteiger charge is 2.10. The van der Waals surface area contributed by atoms with E-state index in [4.69, 9.17) is 15.0 Å². The van der Waals surface area contributed by atoms with Gasteiger partial charge in [0.25, 0.3) is 0 Å². The summed E-state index contributed by atoms with van der Waals surface area (Å²) in [5.41, 5.74) is 8.19. The second-order valence-electron chi connectivity index (χ2n) is 13.3. The summed E-state index contributed by atoms with van der Waals surface area (Å²) in [6.45, 7) is 4.77. The Morgan fingerprint density at radius 3 is 0.891 bits per heavy atom. The minimum atomic E-state index is 0.257. The zero-order valence-electron chi connectivity index (χ0n) is 31.1. The molecule has 0 aliphatic heterocycles. The van der Waals surface area contributed by atoms with E-state index in [1.807, 2.05) is 146 Å². The number of nitrogens with zero attached hydrogens (tertiary/aromatic N) is 4. The van der Waals surface area contributed by atoms with Crippen LogP contribution in [-0.2, 0) is 0 Å². The summed E-state index contributed by atoms with van der Waals surface area (Å²) >= 11 is 0. The molecule has 0 aliphatic carbocycles. The molecule has 6 aromatic carbocycles. The second kappa shape index (κ2) is 20.2. The normalized spacial score (nSPS) is 11.7. The summed E-state index contributed by atoms with van der Waals surface area (Å²) in [5.74, 6) is 0.770. The SMILES string of the molecule is Oc1ccccc1-c1ccccc1/C=N/CCCN(CCC/N=C/c1ccccc1-c1ccccc1O)CCC/N=C/c1ccccc1-c1ccccc1O. The molecule has 0 unspecified atom stereocenters. The molecule has 0 spiro atoms. The van der Waals surface area contributed by atoms with Crippen molar-refractivity contribution in [2.24, 2.45) is 15.0 Å². The zero-order chi connectivity index (χ0) is 38.1. The van der Waals surface area contributed by atoms with Crippen LogP contribution in [0, 0.1) is 0 Å². The van der Waals surface area contributed by atoms with Crippen LogP contribution in [0.25, 0.3) is 33.4 Å². The number of rotatable bonds is 18. The van der Waals surface area contributed by atoms with Crippen LogP contribution in [0.2, 0.25) is 0 Å². The van der Waals surface area contributed by atoms with Crippen molar-refractivity contribution in [1.82, 2.24) is 4.90 Å². The molecule has 55 heavy (non-hydrogen) atoms. The molecule has 0 saturated heterocycles. The summed E-state index contributed by atoms with van der Waals surface area (Å²) in [4.78, 5) is 16.8. The maximum Gasteiger partial charge on any atom is 0.123 e. The zero-order valence-corrected chi connectivity index (χ0v) is 31.1. The van der Waals surface area contributed by atoms with Gasteiger partial charge in [-0.3, -0.25) is 15.0 Å². The van der Waals surface area contributed by atoms with Gasteiger partial charge in [0.15, 0.2) is 0 Å². The monoisotopic (exact) mass is 728 g/mol. The molecule has 6 rings (SSSR count). The van der Waals surface area contributed by atoms with Gasteiger partial charge < -0.3 is 20.2 Å². The van der Waals surface area contributed by atoms with Gasteiger partial charge in [-0.15, -0.1) is 0 Å². The van der Waals surface area contributed by atoms with E-state index in [-0.39, 0.29) is 17.2 Å². The van der Waals surface area contributed by atoms with Gasteiger partial charge >= 0.3 is 0 Å². The second-order valence-corrected chi connectivity index (χ2v) is 13.3. The molecule has 0 heterocycles. The number of aliphatic imine (C=N–C) groups is 3. The lowest BCUT2D eigenvalue weighted by molar-refractivity contribution is 0.269. The summed E-state index contributed by atoms with van der Waals surface area (Å²) in [6, 6.07) is 46.2. The van der Waals surface area contributed by atoms with Crippen LogP contribution in [0.15, 0.2) is 161 Å². The van der Waals surface area contributed by atoms with E-state index in [0.29, 0.717) is 19.6 Å². The average Bonchev–Trinajstić information content (AvgIpc) is 3.21. The minimum Gasteiger partial charge on any atom is -0.507 e. The Morgan fingerprint density at radius 1 is 0.345 bits per heavy atom. The fourth-order valence-corrected chi connectivity index (χ4v) is 6.65. The molecule has 0 atom stereocenters. The molecule has 0 radical (unpaired) electrons. The highest BCUT2D eigenvalue weighted by molar-refractivity contribution is 5.93. The van der Waals surface area contributed by atoms with Crippen molar-refractivity contribution >= 4 is 18.6 Å². The van der Waals surface area contributed by atoms with Gasteiger partial charge in [-0.05, 0) is 73.8 Å². The highest BCUT2D eigenvalue weighted by Crippen LogP contribution is 2.32. The maximum absolute atomic E-state index is 10.4. The largest absolute Gasteiger partial charge is 0.507 e. The number of hydrogen-bond acceptors (Lipinski definition) is 7. The van der Waals surface area contributed by atoms with Crippen LogP contribution in [-0.4, -0.2) is 78.1 Å². The highest BCUT2D eigenvalue weighted by atomic mass is 16.3. The summed E-state index contributed by atoms with van der Waals surface area (Å²) in [6.07, 6.45) is 8.46. The fraction of sp³-hybridized carbons (Fsp3) is 0.188. The van der Waals surface area contributed by atoms with Crippen molar-refractivity contribution in [2.45, 2.75) is 19.3 Å². The van der Waals surface area contributed by atoms with Gasteiger partial charge in [-0.25, -0.2) is 0 Å². The molecule has 6 aromatic rings. The summed E-state index contributed by atoms with van der Waals surface area (Å²) in [5, 5.41) is 31.3. The van der Waals surface area contributed by atoms with E-state index in [9.17, 15) is 15.3 Å². The fourth-order valence-electron chi connectivity index (χ4n) is 6.65. The molecule has 0 saturated carbocycles. The Bertz CT molecular complexity index is 1980. The van der Waals surface area contributed by atoms with Crippen molar-refractivity contribution in [3.8, 4) is 50.6 Å². The van der Waals surface area contributed by atoms with Gasteiger partial charge in [-0.1, -0.05) is 127 Å². The van der Waals surface area contributed by atoms with Crippen LogP contribution in [0.4, 0.5) is 0 Å². The van der Waals surface area contributed by atoms with Crippen molar-refractivity contribution < 1.29 is 15.3 Å². The van der Waals surface area contributed by atoms with Crippen LogP contribution < -0.4 is 0 Å². The van der Waals surface area contributed by atoms with Crippen molar-refractivity contribution in [1.29, 1.82) is 0 Å². The van der Waals surface area contributed by atoms with E-state index in [0.717, 1.165) is 89.0 Å². The Hall–Kier alpha value is -6.31. The van der Waals surface area contributed by atoms with Crippen LogP contribution in [0.3, 0.4) is 0 Å². The predicted molar refractivity (Wildman–Crippen MR) is 228 cm³/mol. The minimum absolute atomic E-state index is 0.257. The lowest BCUT2D eigenvalue weighted by Crippen LogP contribution is -2.28. The van der Waals surface area contributed by atoms with Gasteiger partial charge in [0.1, 0.15) is 17.2 Å². The lowest BCUT2D eigenvalue weighted by Gasteiger charge is -2.21. The van der Waals surface area contributed by atoms with Crippen LogP contribution >= 0.6 is 0 Å². The molecule has 7 heteroatoms. The third-order valence-electron chi connectivity index (χ3n) is 9.44. The molecule has 0 aliphatic rings. The third kappa shape index (κ3) is 10.9. The smallest absolute Gasteiger partial charge is 0.123 e. The Kier molecular flexibility index (Phi) is 14.1. The molecule has 3 N–H and O–H groups in total. The predicted octanol–water partition coefficient (Wildman–Crippen LogP) is 9.93. The molecule has 7 nitrogen and oxygen atoms in total. The molecule has 0 bridgehead atoms. The molecular weight excluding hydrogens is 681 g/mol. The summed E-state index contributed by atoms with van der Waals surface area (Å²) in [7, 11) is 0. The maximum atomic E-state index is 10.4. The van der Waals surface area contributed by atoms with E-state index in [2.05, 4.69) is 4.90 Å². The lowest BCUT2D eigenvalue weighted by atomic mass is 9.99. The number of phenolic OH excluding ortho intramolecular Hbond substituents is 3. The molecular formula is C48H48N4O3. The molecule has 0 amide bonds. The van der Waals surface area contributed by atoms with Crippen molar-refractivity contribution in [2.75, 3.05) is 39.3 Å².